The molecule has 0 fully saturated rings. The summed E-state index contributed by atoms with van der Waals surface area (Å²) in [5, 5.41) is 0. The van der Waals surface area contributed by atoms with Crippen LogP contribution in [-0.4, -0.2) is 17.6 Å². The number of nitrogens with zero attached hydrogens (tertiary/aromatic N) is 1. The fraction of sp³-hybridized carbons (Fsp3) is 0.375. The van der Waals surface area contributed by atoms with E-state index in [0.29, 0.717) is 18.1 Å². The van der Waals surface area contributed by atoms with Gasteiger partial charge in [-0.15, -0.1) is 0 Å². The summed E-state index contributed by atoms with van der Waals surface area (Å²) in [4.78, 5) is 15.8. The third-order valence-corrected chi connectivity index (χ3v) is 3.63. The van der Waals surface area contributed by atoms with E-state index in [1.165, 1.54) is 17.3 Å². The molecule has 0 saturated carbocycles. The van der Waals surface area contributed by atoms with Crippen LogP contribution < -0.4 is 0 Å². The SMILES string of the molecule is C=C(C)[C@@H]1CCC(C)=C1COC(=O)c1cccnc1. The highest BCUT2D eigenvalue weighted by Crippen LogP contribution is 2.35. The van der Waals surface area contributed by atoms with E-state index in [1.807, 2.05) is 6.92 Å². The molecule has 0 saturated heterocycles. The molecular weight excluding hydrogens is 238 g/mol. The maximum absolute atomic E-state index is 11.9. The Bertz CT molecular complexity index is 517. The van der Waals surface area contributed by atoms with Gasteiger partial charge in [-0.2, -0.15) is 0 Å². The third-order valence-electron chi connectivity index (χ3n) is 3.63. The number of carbonyl (C=O) groups is 1. The number of aromatic nitrogens is 1. The van der Waals surface area contributed by atoms with Gasteiger partial charge in [-0.3, -0.25) is 4.98 Å². The Morgan fingerprint density at radius 2 is 2.37 bits per heavy atom. The van der Waals surface area contributed by atoms with Crippen molar-refractivity contribution in [2.75, 3.05) is 6.61 Å². The van der Waals surface area contributed by atoms with Gasteiger partial charge in [0.2, 0.25) is 0 Å². The van der Waals surface area contributed by atoms with Crippen LogP contribution in [0.2, 0.25) is 0 Å². The van der Waals surface area contributed by atoms with E-state index >= 15 is 0 Å². The highest BCUT2D eigenvalue weighted by atomic mass is 16.5. The minimum absolute atomic E-state index is 0.319. The van der Waals surface area contributed by atoms with Gasteiger partial charge in [0.15, 0.2) is 0 Å². The molecule has 1 atom stereocenters. The van der Waals surface area contributed by atoms with Gasteiger partial charge in [0.25, 0.3) is 0 Å². The number of ether oxygens (including phenoxy) is 1. The predicted octanol–water partition coefficient (Wildman–Crippen LogP) is 3.54. The van der Waals surface area contributed by atoms with Gasteiger partial charge < -0.3 is 4.74 Å². The number of pyridine rings is 1. The van der Waals surface area contributed by atoms with Crippen LogP contribution in [-0.2, 0) is 4.74 Å². The van der Waals surface area contributed by atoms with E-state index in [9.17, 15) is 4.79 Å². The number of esters is 1. The highest BCUT2D eigenvalue weighted by Gasteiger charge is 2.24. The first kappa shape index (κ1) is 13.5. The summed E-state index contributed by atoms with van der Waals surface area (Å²) in [6.45, 7) is 8.52. The van der Waals surface area contributed by atoms with Gasteiger partial charge in [0, 0.05) is 18.3 Å². The quantitative estimate of drug-likeness (QED) is 0.611. The number of allylic oxidation sites excluding steroid dienone is 2. The van der Waals surface area contributed by atoms with E-state index in [0.717, 1.165) is 18.4 Å². The Labute approximate surface area is 114 Å². The standard InChI is InChI=1S/C16H19NO2/c1-11(2)14-7-6-12(3)15(14)10-19-16(18)13-5-4-8-17-9-13/h4-5,8-9,14H,1,6-7,10H2,2-3H3/t14-/m0/s1. The van der Waals surface area contributed by atoms with Crippen LogP contribution in [0.15, 0.2) is 47.8 Å². The van der Waals surface area contributed by atoms with Gasteiger partial charge >= 0.3 is 5.97 Å². The summed E-state index contributed by atoms with van der Waals surface area (Å²) < 4.78 is 5.38. The van der Waals surface area contributed by atoms with E-state index in [4.69, 9.17) is 4.74 Å². The van der Waals surface area contributed by atoms with Crippen molar-refractivity contribution in [2.45, 2.75) is 26.7 Å². The molecule has 0 aliphatic heterocycles. The maximum Gasteiger partial charge on any atom is 0.340 e. The van der Waals surface area contributed by atoms with Crippen molar-refractivity contribution in [2.24, 2.45) is 5.92 Å². The minimum Gasteiger partial charge on any atom is -0.458 e. The first-order chi connectivity index (χ1) is 9.09. The van der Waals surface area contributed by atoms with E-state index in [-0.39, 0.29) is 5.97 Å². The fourth-order valence-electron chi connectivity index (χ4n) is 2.47. The van der Waals surface area contributed by atoms with Gasteiger partial charge in [-0.1, -0.05) is 17.7 Å². The molecule has 100 valence electrons. The minimum atomic E-state index is -0.319. The van der Waals surface area contributed by atoms with Crippen molar-refractivity contribution in [3.63, 3.8) is 0 Å². The Morgan fingerprint density at radius 1 is 1.58 bits per heavy atom. The summed E-state index contributed by atoms with van der Waals surface area (Å²) in [6.07, 6.45) is 5.31. The molecule has 0 N–H and O–H groups in total. The lowest BCUT2D eigenvalue weighted by Gasteiger charge is -2.15. The molecule has 1 aromatic rings. The average molecular weight is 257 g/mol. The van der Waals surface area contributed by atoms with Crippen LogP contribution in [0.5, 0.6) is 0 Å². The second-order valence-electron chi connectivity index (χ2n) is 5.06. The summed E-state index contributed by atoms with van der Waals surface area (Å²) in [7, 11) is 0. The van der Waals surface area contributed by atoms with Crippen molar-refractivity contribution in [3.8, 4) is 0 Å². The fourth-order valence-corrected chi connectivity index (χ4v) is 2.47. The Kier molecular flexibility index (Phi) is 4.15. The van der Waals surface area contributed by atoms with Crippen LogP contribution in [0.1, 0.15) is 37.0 Å². The van der Waals surface area contributed by atoms with Crippen LogP contribution in [0.3, 0.4) is 0 Å². The second-order valence-corrected chi connectivity index (χ2v) is 5.06. The maximum atomic E-state index is 11.9. The summed E-state index contributed by atoms with van der Waals surface area (Å²) in [5.41, 5.74) is 4.17. The lowest BCUT2D eigenvalue weighted by Crippen LogP contribution is -2.12. The van der Waals surface area contributed by atoms with Gasteiger partial charge in [-0.05, 0) is 44.4 Å². The Balaban J connectivity index is 2.01. The molecule has 1 aromatic heterocycles. The predicted molar refractivity (Wildman–Crippen MR) is 74.8 cm³/mol. The van der Waals surface area contributed by atoms with Gasteiger partial charge in [0.05, 0.1) is 5.56 Å². The van der Waals surface area contributed by atoms with E-state index in [2.05, 4.69) is 18.5 Å². The molecule has 19 heavy (non-hydrogen) atoms. The molecule has 1 aliphatic rings. The molecule has 0 aromatic carbocycles. The van der Waals surface area contributed by atoms with Crippen LogP contribution in [0, 0.1) is 5.92 Å². The third kappa shape index (κ3) is 3.11. The average Bonchev–Trinajstić information content (AvgIpc) is 2.78. The monoisotopic (exact) mass is 257 g/mol. The van der Waals surface area contributed by atoms with Crippen molar-refractivity contribution in [1.82, 2.24) is 4.98 Å². The summed E-state index contributed by atoms with van der Waals surface area (Å²) in [6, 6.07) is 3.44. The lowest BCUT2D eigenvalue weighted by atomic mass is 9.94. The van der Waals surface area contributed by atoms with E-state index < -0.39 is 0 Å². The molecule has 0 amide bonds. The van der Waals surface area contributed by atoms with Crippen molar-refractivity contribution in [1.29, 1.82) is 0 Å². The number of carbonyl (C=O) groups excluding carboxylic acids is 1. The smallest absolute Gasteiger partial charge is 0.340 e. The molecule has 1 heterocycles. The lowest BCUT2D eigenvalue weighted by molar-refractivity contribution is 0.0533. The first-order valence-corrected chi connectivity index (χ1v) is 6.50. The largest absolute Gasteiger partial charge is 0.458 e. The molecule has 1 aliphatic carbocycles. The zero-order valence-electron chi connectivity index (χ0n) is 11.5. The summed E-state index contributed by atoms with van der Waals surface area (Å²) >= 11 is 0. The van der Waals surface area contributed by atoms with Crippen LogP contribution >= 0.6 is 0 Å². The van der Waals surface area contributed by atoms with Gasteiger partial charge in [0.1, 0.15) is 6.61 Å². The van der Waals surface area contributed by atoms with Crippen molar-refractivity contribution in [3.05, 3.63) is 53.4 Å². The van der Waals surface area contributed by atoms with Crippen LogP contribution in [0.4, 0.5) is 0 Å². The van der Waals surface area contributed by atoms with Gasteiger partial charge in [-0.25, -0.2) is 4.79 Å². The molecule has 0 unspecified atom stereocenters. The molecule has 3 nitrogen and oxygen atoms in total. The number of hydrogen-bond acceptors (Lipinski definition) is 3. The molecule has 0 bridgehead atoms. The van der Waals surface area contributed by atoms with Crippen molar-refractivity contribution < 1.29 is 9.53 Å². The Morgan fingerprint density at radius 3 is 3.00 bits per heavy atom. The van der Waals surface area contributed by atoms with E-state index in [1.54, 1.807) is 18.3 Å². The first-order valence-electron chi connectivity index (χ1n) is 6.50. The van der Waals surface area contributed by atoms with Crippen molar-refractivity contribution >= 4 is 5.97 Å². The molecule has 3 heteroatoms. The zero-order chi connectivity index (χ0) is 13.8. The molecule has 2 rings (SSSR count). The Hall–Kier alpha value is -1.90. The molecular formula is C16H19NO2. The second kappa shape index (κ2) is 5.83. The number of rotatable bonds is 4. The zero-order valence-corrected chi connectivity index (χ0v) is 11.5. The normalized spacial score (nSPS) is 18.5. The number of hydrogen-bond donors (Lipinski definition) is 0. The molecule has 0 radical (unpaired) electrons. The highest BCUT2D eigenvalue weighted by molar-refractivity contribution is 5.89. The molecule has 0 spiro atoms. The topological polar surface area (TPSA) is 39.2 Å². The van der Waals surface area contributed by atoms with Crippen LogP contribution in [0.25, 0.3) is 0 Å². The summed E-state index contributed by atoms with van der Waals surface area (Å²) in [5.74, 6) is 0.0439.